The van der Waals surface area contributed by atoms with Crippen LogP contribution in [0.15, 0.2) is 66.7 Å². The number of ketones is 1. The third-order valence-corrected chi connectivity index (χ3v) is 5.55. The molecule has 0 aliphatic rings. The van der Waals surface area contributed by atoms with Gasteiger partial charge in [-0.1, -0.05) is 78.2 Å². The molecule has 0 aromatic heterocycles. The number of hydrogen-bond acceptors (Lipinski definition) is 2. The minimum Gasteiger partial charge on any atom is -0.378 e. The first-order chi connectivity index (χ1) is 13.5. The number of rotatable bonds is 7. The predicted molar refractivity (Wildman–Crippen MR) is 119 cm³/mol. The molecule has 0 heterocycles. The molecule has 0 saturated carbocycles. The molecule has 4 heteroatoms. The Hall–Kier alpha value is -2.29. The highest BCUT2D eigenvalue weighted by atomic mass is 35.5. The maximum atomic E-state index is 12.9. The van der Waals surface area contributed by atoms with Crippen molar-refractivity contribution in [1.29, 1.82) is 0 Å². The van der Waals surface area contributed by atoms with Crippen molar-refractivity contribution in [2.45, 2.75) is 32.7 Å². The van der Waals surface area contributed by atoms with Gasteiger partial charge in [0.1, 0.15) is 0 Å². The lowest BCUT2D eigenvalue weighted by molar-refractivity contribution is 0.0976. The molecule has 3 aromatic rings. The molecule has 0 saturated heterocycles. The smallest absolute Gasteiger partial charge is 0.165 e. The normalized spacial score (nSPS) is 11.9. The van der Waals surface area contributed by atoms with Crippen LogP contribution in [0.5, 0.6) is 0 Å². The number of carbonyl (C=O) groups is 1. The Morgan fingerprint density at radius 3 is 2.21 bits per heavy atom. The van der Waals surface area contributed by atoms with Gasteiger partial charge in [-0.25, -0.2) is 0 Å². The molecule has 1 N–H and O–H groups in total. The fraction of sp³-hybridized carbons (Fsp3) is 0.208. The molecule has 144 valence electrons. The molecule has 0 radical (unpaired) electrons. The van der Waals surface area contributed by atoms with Crippen molar-refractivity contribution in [3.63, 3.8) is 0 Å². The number of benzene rings is 3. The van der Waals surface area contributed by atoms with Crippen molar-refractivity contribution in [2.75, 3.05) is 5.32 Å². The monoisotopic (exact) mass is 411 g/mol. The van der Waals surface area contributed by atoms with Gasteiger partial charge in [-0.3, -0.25) is 4.79 Å². The average molecular weight is 412 g/mol. The molecular formula is C24H23Cl2NO. The van der Waals surface area contributed by atoms with Crippen molar-refractivity contribution in [2.24, 2.45) is 0 Å². The number of Topliss-reactive ketones (excluding diaryl/α,β-unsaturated/α-hetero) is 1. The summed E-state index contributed by atoms with van der Waals surface area (Å²) < 4.78 is 0. The first-order valence-electron chi connectivity index (χ1n) is 9.36. The molecule has 3 aromatic carbocycles. The maximum absolute atomic E-state index is 12.9. The first-order valence-corrected chi connectivity index (χ1v) is 10.1. The molecule has 1 atom stereocenters. The maximum Gasteiger partial charge on any atom is 0.165 e. The number of carbonyl (C=O) groups excluding carboxylic acids is 1. The lowest BCUT2D eigenvalue weighted by atomic mass is 9.97. The topological polar surface area (TPSA) is 29.1 Å². The Morgan fingerprint density at radius 2 is 1.61 bits per heavy atom. The molecule has 0 bridgehead atoms. The largest absolute Gasteiger partial charge is 0.378 e. The van der Waals surface area contributed by atoms with Gasteiger partial charge < -0.3 is 5.32 Å². The molecule has 2 nitrogen and oxygen atoms in total. The third-order valence-electron chi connectivity index (χ3n) is 4.81. The quantitative estimate of drug-likeness (QED) is 0.413. The second kappa shape index (κ2) is 9.27. The zero-order chi connectivity index (χ0) is 20.1. The molecule has 28 heavy (non-hydrogen) atoms. The van der Waals surface area contributed by atoms with Crippen LogP contribution in [0.4, 0.5) is 5.69 Å². The van der Waals surface area contributed by atoms with E-state index in [4.69, 9.17) is 23.2 Å². The standard InChI is InChI=1S/C24H23Cl2NO/c1-3-17-6-11-20(12-7-17)27-23(19-10-13-21(25)22(26)14-19)15-24(28)18-8-4-16(2)5-9-18/h4-14,23,27H,3,15H2,1-2H3. The van der Waals surface area contributed by atoms with Crippen molar-refractivity contribution in [1.82, 2.24) is 0 Å². The van der Waals surface area contributed by atoms with E-state index in [2.05, 4.69) is 24.4 Å². The van der Waals surface area contributed by atoms with Crippen LogP contribution in [0, 0.1) is 6.92 Å². The Morgan fingerprint density at radius 1 is 0.929 bits per heavy atom. The lowest BCUT2D eigenvalue weighted by Gasteiger charge is -2.21. The van der Waals surface area contributed by atoms with E-state index in [1.807, 2.05) is 55.5 Å². The van der Waals surface area contributed by atoms with Crippen molar-refractivity contribution < 1.29 is 4.79 Å². The van der Waals surface area contributed by atoms with E-state index in [1.54, 1.807) is 6.07 Å². The van der Waals surface area contributed by atoms with E-state index in [9.17, 15) is 4.79 Å². The summed E-state index contributed by atoms with van der Waals surface area (Å²) in [5.41, 5.74) is 5.00. The summed E-state index contributed by atoms with van der Waals surface area (Å²) in [5.74, 6) is 0.0775. The van der Waals surface area contributed by atoms with E-state index in [0.717, 1.165) is 23.2 Å². The predicted octanol–water partition coefficient (Wildman–Crippen LogP) is 7.29. The average Bonchev–Trinajstić information content (AvgIpc) is 2.70. The zero-order valence-electron chi connectivity index (χ0n) is 16.0. The summed E-state index contributed by atoms with van der Waals surface area (Å²) in [7, 11) is 0. The van der Waals surface area contributed by atoms with Crippen LogP contribution in [0.1, 0.15) is 46.4 Å². The molecule has 3 rings (SSSR count). The molecule has 0 amide bonds. The number of anilines is 1. The molecule has 0 aliphatic carbocycles. The number of halogens is 2. The van der Waals surface area contributed by atoms with E-state index < -0.39 is 0 Å². The molecular weight excluding hydrogens is 389 g/mol. The second-order valence-electron chi connectivity index (χ2n) is 6.91. The second-order valence-corrected chi connectivity index (χ2v) is 7.73. The van der Waals surface area contributed by atoms with Gasteiger partial charge in [-0.05, 0) is 48.7 Å². The highest BCUT2D eigenvalue weighted by Gasteiger charge is 2.18. The van der Waals surface area contributed by atoms with Gasteiger partial charge in [0.05, 0.1) is 16.1 Å². The van der Waals surface area contributed by atoms with Crippen LogP contribution in [0.2, 0.25) is 10.0 Å². The van der Waals surface area contributed by atoms with Crippen LogP contribution in [0.3, 0.4) is 0 Å². The van der Waals surface area contributed by atoms with Crippen LogP contribution in [-0.4, -0.2) is 5.78 Å². The fourth-order valence-corrected chi connectivity index (χ4v) is 3.37. The summed E-state index contributed by atoms with van der Waals surface area (Å²) in [5, 5.41) is 4.47. The Balaban J connectivity index is 1.87. The van der Waals surface area contributed by atoms with E-state index in [-0.39, 0.29) is 11.8 Å². The Kier molecular flexibility index (Phi) is 6.77. The van der Waals surface area contributed by atoms with E-state index in [0.29, 0.717) is 22.0 Å². The molecule has 0 aliphatic heterocycles. The van der Waals surface area contributed by atoms with Gasteiger partial charge in [0.15, 0.2) is 5.78 Å². The van der Waals surface area contributed by atoms with E-state index >= 15 is 0 Å². The van der Waals surface area contributed by atoms with Crippen LogP contribution >= 0.6 is 23.2 Å². The highest BCUT2D eigenvalue weighted by molar-refractivity contribution is 6.42. The SMILES string of the molecule is CCc1ccc(NC(CC(=O)c2ccc(C)cc2)c2ccc(Cl)c(Cl)c2)cc1. The summed E-state index contributed by atoms with van der Waals surface area (Å²) in [6.45, 7) is 4.13. The minimum atomic E-state index is -0.212. The van der Waals surface area contributed by atoms with Gasteiger partial charge in [0.2, 0.25) is 0 Å². The summed E-state index contributed by atoms with van der Waals surface area (Å²) >= 11 is 12.3. The van der Waals surface area contributed by atoms with Crippen LogP contribution in [0.25, 0.3) is 0 Å². The summed E-state index contributed by atoms with van der Waals surface area (Å²) in [6.07, 6.45) is 1.30. The minimum absolute atomic E-state index is 0.0775. The van der Waals surface area contributed by atoms with Crippen molar-refractivity contribution in [3.8, 4) is 0 Å². The van der Waals surface area contributed by atoms with Crippen LogP contribution in [-0.2, 0) is 6.42 Å². The Labute approximate surface area is 176 Å². The van der Waals surface area contributed by atoms with Crippen LogP contribution < -0.4 is 5.32 Å². The van der Waals surface area contributed by atoms with Gasteiger partial charge >= 0.3 is 0 Å². The van der Waals surface area contributed by atoms with E-state index in [1.165, 1.54) is 5.56 Å². The van der Waals surface area contributed by atoms with Gasteiger partial charge in [0, 0.05) is 17.7 Å². The zero-order valence-corrected chi connectivity index (χ0v) is 17.5. The highest BCUT2D eigenvalue weighted by Crippen LogP contribution is 2.30. The Bertz CT molecular complexity index is 949. The lowest BCUT2D eigenvalue weighted by Crippen LogP contribution is -2.16. The third kappa shape index (κ3) is 5.15. The van der Waals surface area contributed by atoms with Gasteiger partial charge in [0.25, 0.3) is 0 Å². The summed E-state index contributed by atoms with van der Waals surface area (Å²) in [4.78, 5) is 12.9. The van der Waals surface area contributed by atoms with Gasteiger partial charge in [-0.15, -0.1) is 0 Å². The number of aryl methyl sites for hydroxylation is 2. The first kappa shape index (κ1) is 20.4. The summed E-state index contributed by atoms with van der Waals surface area (Å²) in [6, 6.07) is 21.2. The molecule has 0 spiro atoms. The fourth-order valence-electron chi connectivity index (χ4n) is 3.06. The number of hydrogen-bond donors (Lipinski definition) is 1. The van der Waals surface area contributed by atoms with Crippen molar-refractivity contribution >= 4 is 34.7 Å². The van der Waals surface area contributed by atoms with Crippen molar-refractivity contribution in [3.05, 3.63) is 99.0 Å². The molecule has 1 unspecified atom stereocenters. The molecule has 0 fully saturated rings. The number of nitrogens with one attached hydrogen (secondary N) is 1. The van der Waals surface area contributed by atoms with Gasteiger partial charge in [-0.2, -0.15) is 0 Å².